The highest BCUT2D eigenvalue weighted by molar-refractivity contribution is 5.74. The largest absolute Gasteiger partial charge is 0.336 e. The van der Waals surface area contributed by atoms with Gasteiger partial charge in [-0.3, -0.25) is 5.10 Å². The number of carbonyl (C=O) groups excluding carboxylic acids is 1. The Hall–Kier alpha value is -1.56. The maximum absolute atomic E-state index is 12.3. The number of nitrogens with one attached hydrogen (secondary N) is 2. The van der Waals surface area contributed by atoms with Crippen LogP contribution < -0.4 is 5.32 Å². The number of fused-ring (bicyclic) bond motifs is 1. The summed E-state index contributed by atoms with van der Waals surface area (Å²) in [7, 11) is 0. The number of amides is 2. The lowest BCUT2D eigenvalue weighted by atomic mass is 10.1. The fourth-order valence-electron chi connectivity index (χ4n) is 2.93. The summed E-state index contributed by atoms with van der Waals surface area (Å²) in [5, 5.41) is 10.2. The van der Waals surface area contributed by atoms with E-state index >= 15 is 0 Å². The molecular formula is C16H29N5O. The summed E-state index contributed by atoms with van der Waals surface area (Å²) in [5.74, 6) is 0. The SMILES string of the molecule is CCN(CC)CCCC(C)NC(=O)N1CCc2[nH]ncc2C1. The van der Waals surface area contributed by atoms with Crippen molar-refractivity contribution in [2.45, 2.75) is 52.6 Å². The van der Waals surface area contributed by atoms with Gasteiger partial charge >= 0.3 is 6.03 Å². The van der Waals surface area contributed by atoms with Crippen molar-refractivity contribution in [3.8, 4) is 0 Å². The van der Waals surface area contributed by atoms with E-state index in [9.17, 15) is 4.79 Å². The molecule has 1 aliphatic rings. The first kappa shape index (κ1) is 16.8. The maximum atomic E-state index is 12.3. The minimum Gasteiger partial charge on any atom is -0.336 e. The number of rotatable bonds is 7. The van der Waals surface area contributed by atoms with Gasteiger partial charge in [-0.15, -0.1) is 0 Å². The number of aromatic nitrogens is 2. The molecule has 2 rings (SSSR count). The summed E-state index contributed by atoms with van der Waals surface area (Å²) >= 11 is 0. The molecule has 6 nitrogen and oxygen atoms in total. The summed E-state index contributed by atoms with van der Waals surface area (Å²) in [4.78, 5) is 16.6. The van der Waals surface area contributed by atoms with E-state index in [2.05, 4.69) is 41.2 Å². The van der Waals surface area contributed by atoms with Crippen molar-refractivity contribution in [1.82, 2.24) is 25.3 Å². The van der Waals surface area contributed by atoms with Gasteiger partial charge in [0.2, 0.25) is 0 Å². The van der Waals surface area contributed by atoms with Gasteiger partial charge in [0, 0.05) is 30.3 Å². The molecule has 1 aromatic heterocycles. The van der Waals surface area contributed by atoms with E-state index in [4.69, 9.17) is 0 Å². The molecule has 0 aromatic carbocycles. The van der Waals surface area contributed by atoms with Gasteiger partial charge in [-0.05, 0) is 39.4 Å². The summed E-state index contributed by atoms with van der Waals surface area (Å²) in [6.45, 7) is 11.2. The second-order valence-corrected chi connectivity index (χ2v) is 6.06. The standard InChI is InChI=1S/C16H29N5O/c1-4-20(5-2)9-6-7-13(3)18-16(22)21-10-8-15-14(12-21)11-17-19-15/h11,13H,4-10,12H2,1-3H3,(H,17,19)(H,18,22). The van der Waals surface area contributed by atoms with Crippen LogP contribution in [0.3, 0.4) is 0 Å². The van der Waals surface area contributed by atoms with Crippen molar-refractivity contribution >= 4 is 6.03 Å². The maximum Gasteiger partial charge on any atom is 0.317 e. The molecule has 2 amide bonds. The van der Waals surface area contributed by atoms with E-state index in [1.54, 1.807) is 0 Å². The Bertz CT molecular complexity index is 469. The van der Waals surface area contributed by atoms with Crippen molar-refractivity contribution in [3.05, 3.63) is 17.5 Å². The average molecular weight is 307 g/mol. The molecule has 0 fully saturated rings. The zero-order valence-electron chi connectivity index (χ0n) is 14.1. The smallest absolute Gasteiger partial charge is 0.317 e. The lowest BCUT2D eigenvalue weighted by molar-refractivity contribution is 0.187. The van der Waals surface area contributed by atoms with Gasteiger partial charge in [-0.1, -0.05) is 13.8 Å². The molecule has 0 saturated carbocycles. The Morgan fingerprint density at radius 2 is 2.27 bits per heavy atom. The van der Waals surface area contributed by atoms with Crippen molar-refractivity contribution in [2.75, 3.05) is 26.2 Å². The molecule has 0 spiro atoms. The van der Waals surface area contributed by atoms with E-state index in [1.165, 1.54) is 0 Å². The van der Waals surface area contributed by atoms with Crippen molar-refractivity contribution in [3.63, 3.8) is 0 Å². The quantitative estimate of drug-likeness (QED) is 0.809. The van der Waals surface area contributed by atoms with Gasteiger partial charge in [-0.25, -0.2) is 4.79 Å². The van der Waals surface area contributed by atoms with Crippen LogP contribution >= 0.6 is 0 Å². The van der Waals surface area contributed by atoms with Gasteiger partial charge in [-0.2, -0.15) is 5.10 Å². The predicted octanol–water partition coefficient (Wildman–Crippen LogP) is 1.99. The molecule has 22 heavy (non-hydrogen) atoms. The summed E-state index contributed by atoms with van der Waals surface area (Å²) in [6.07, 6.45) is 4.82. The molecule has 6 heteroatoms. The van der Waals surface area contributed by atoms with Gasteiger partial charge in [0.05, 0.1) is 12.7 Å². The second-order valence-electron chi connectivity index (χ2n) is 6.06. The highest BCUT2D eigenvalue weighted by atomic mass is 16.2. The predicted molar refractivity (Wildman–Crippen MR) is 87.7 cm³/mol. The van der Waals surface area contributed by atoms with Gasteiger partial charge < -0.3 is 15.1 Å². The second kappa shape index (κ2) is 8.17. The van der Waals surface area contributed by atoms with Crippen LogP contribution in [-0.4, -0.2) is 58.2 Å². The molecule has 2 heterocycles. The normalized spacial score (nSPS) is 15.7. The fourth-order valence-corrected chi connectivity index (χ4v) is 2.93. The van der Waals surface area contributed by atoms with Crippen LogP contribution in [0.4, 0.5) is 4.79 Å². The van der Waals surface area contributed by atoms with Crippen LogP contribution in [0.1, 0.15) is 44.9 Å². The van der Waals surface area contributed by atoms with E-state index < -0.39 is 0 Å². The van der Waals surface area contributed by atoms with Crippen molar-refractivity contribution < 1.29 is 4.79 Å². The van der Waals surface area contributed by atoms with Crippen molar-refractivity contribution in [1.29, 1.82) is 0 Å². The van der Waals surface area contributed by atoms with E-state index in [0.717, 1.165) is 56.7 Å². The zero-order valence-corrected chi connectivity index (χ0v) is 14.1. The Kier molecular flexibility index (Phi) is 6.24. The number of urea groups is 1. The number of carbonyl (C=O) groups is 1. The molecular weight excluding hydrogens is 278 g/mol. The third kappa shape index (κ3) is 4.47. The zero-order chi connectivity index (χ0) is 15.9. The summed E-state index contributed by atoms with van der Waals surface area (Å²) in [5.41, 5.74) is 2.30. The monoisotopic (exact) mass is 307 g/mol. The van der Waals surface area contributed by atoms with Crippen LogP contribution in [0.2, 0.25) is 0 Å². The summed E-state index contributed by atoms with van der Waals surface area (Å²) in [6, 6.07) is 0.260. The van der Waals surface area contributed by atoms with E-state index in [0.29, 0.717) is 6.54 Å². The van der Waals surface area contributed by atoms with Gasteiger partial charge in [0.1, 0.15) is 0 Å². The Morgan fingerprint density at radius 1 is 1.50 bits per heavy atom. The first-order valence-corrected chi connectivity index (χ1v) is 8.42. The number of hydrogen-bond donors (Lipinski definition) is 2. The van der Waals surface area contributed by atoms with Crippen LogP contribution in [0.25, 0.3) is 0 Å². The molecule has 1 aliphatic heterocycles. The topological polar surface area (TPSA) is 64.3 Å². The van der Waals surface area contributed by atoms with Crippen molar-refractivity contribution in [2.24, 2.45) is 0 Å². The minimum atomic E-state index is 0.0437. The lowest BCUT2D eigenvalue weighted by Gasteiger charge is -2.28. The fraction of sp³-hybridized carbons (Fsp3) is 0.750. The third-order valence-electron chi connectivity index (χ3n) is 4.46. The lowest BCUT2D eigenvalue weighted by Crippen LogP contribution is -2.45. The summed E-state index contributed by atoms with van der Waals surface area (Å²) < 4.78 is 0. The molecule has 0 bridgehead atoms. The number of nitrogens with zero attached hydrogens (tertiary/aromatic N) is 3. The molecule has 1 aromatic rings. The highest BCUT2D eigenvalue weighted by Crippen LogP contribution is 2.16. The Morgan fingerprint density at radius 3 is 3.00 bits per heavy atom. The molecule has 2 N–H and O–H groups in total. The molecule has 1 atom stereocenters. The van der Waals surface area contributed by atoms with E-state index in [-0.39, 0.29) is 12.1 Å². The van der Waals surface area contributed by atoms with Crippen LogP contribution in [0.5, 0.6) is 0 Å². The molecule has 124 valence electrons. The highest BCUT2D eigenvalue weighted by Gasteiger charge is 2.22. The molecule has 0 aliphatic carbocycles. The first-order chi connectivity index (χ1) is 10.6. The number of H-pyrrole nitrogens is 1. The van der Waals surface area contributed by atoms with Crippen LogP contribution in [0, 0.1) is 0 Å². The first-order valence-electron chi connectivity index (χ1n) is 8.42. The Balaban J connectivity index is 1.70. The van der Waals surface area contributed by atoms with Gasteiger partial charge in [0.15, 0.2) is 0 Å². The Labute approximate surface area is 133 Å². The van der Waals surface area contributed by atoms with Crippen LogP contribution in [0.15, 0.2) is 6.20 Å². The molecule has 0 saturated heterocycles. The average Bonchev–Trinajstić information content (AvgIpc) is 2.99. The number of aromatic amines is 1. The molecule has 0 radical (unpaired) electrons. The van der Waals surface area contributed by atoms with E-state index in [1.807, 2.05) is 11.1 Å². The molecule has 1 unspecified atom stereocenters. The van der Waals surface area contributed by atoms with Gasteiger partial charge in [0.25, 0.3) is 0 Å². The third-order valence-corrected chi connectivity index (χ3v) is 4.46. The minimum absolute atomic E-state index is 0.0437. The van der Waals surface area contributed by atoms with Crippen LogP contribution in [-0.2, 0) is 13.0 Å². The number of hydrogen-bond acceptors (Lipinski definition) is 3.